The second kappa shape index (κ2) is 10.2. The number of nitrogens with one attached hydrogen (secondary N) is 1. The van der Waals surface area contributed by atoms with E-state index in [1.807, 2.05) is 24.3 Å². The van der Waals surface area contributed by atoms with Crippen LogP contribution in [0.3, 0.4) is 0 Å². The van der Waals surface area contributed by atoms with Gasteiger partial charge in [-0.25, -0.2) is 13.6 Å². The Morgan fingerprint density at radius 1 is 1.15 bits per heavy atom. The largest absolute Gasteiger partial charge is 0.488 e. The van der Waals surface area contributed by atoms with Gasteiger partial charge in [0.25, 0.3) is 0 Å². The van der Waals surface area contributed by atoms with Gasteiger partial charge in [-0.1, -0.05) is 15.9 Å². The molecule has 2 fully saturated rings. The van der Waals surface area contributed by atoms with Gasteiger partial charge in [-0.2, -0.15) is 0 Å². The Hall–Kier alpha value is -2.23. The molecular weight excluding hydrogens is 510 g/mol. The molecule has 0 radical (unpaired) electrons. The van der Waals surface area contributed by atoms with E-state index in [1.165, 1.54) is 0 Å². The van der Waals surface area contributed by atoms with Crippen molar-refractivity contribution in [1.82, 2.24) is 10.2 Å². The maximum atomic E-state index is 14.5. The summed E-state index contributed by atoms with van der Waals surface area (Å²) in [5, 5.41) is 2.82. The summed E-state index contributed by atoms with van der Waals surface area (Å²) < 4.78 is 46.8. The Morgan fingerprint density at radius 2 is 1.85 bits per heavy atom. The second-order valence-electron chi connectivity index (χ2n) is 9.71. The van der Waals surface area contributed by atoms with Crippen LogP contribution in [0.15, 0.2) is 46.9 Å². The van der Waals surface area contributed by atoms with Gasteiger partial charge in [0, 0.05) is 29.2 Å². The van der Waals surface area contributed by atoms with Crippen LogP contribution in [0.5, 0.6) is 5.75 Å². The molecule has 6 nitrogen and oxygen atoms in total. The number of rotatable bonds is 5. The van der Waals surface area contributed by atoms with Crippen LogP contribution in [-0.4, -0.2) is 54.5 Å². The molecule has 184 valence electrons. The number of hydrogen-bond donors (Lipinski definition) is 1. The molecule has 0 bridgehead atoms. The second-order valence-corrected chi connectivity index (χ2v) is 10.6. The van der Waals surface area contributed by atoms with Gasteiger partial charge in [0.1, 0.15) is 35.2 Å². The number of carbonyl (C=O) groups excluding carboxylic acids is 1. The normalized spacial score (nSPS) is 23.8. The van der Waals surface area contributed by atoms with Crippen LogP contribution in [0.25, 0.3) is 0 Å². The topological polar surface area (TPSA) is 60.0 Å². The molecule has 4 rings (SSSR count). The molecule has 2 aliphatic rings. The van der Waals surface area contributed by atoms with Gasteiger partial charge < -0.3 is 19.5 Å². The molecule has 0 aliphatic carbocycles. The van der Waals surface area contributed by atoms with Crippen LogP contribution in [0.4, 0.5) is 13.6 Å². The predicted molar refractivity (Wildman–Crippen MR) is 127 cm³/mol. The third-order valence-corrected chi connectivity index (χ3v) is 6.36. The highest BCUT2D eigenvalue weighted by atomic mass is 79.9. The van der Waals surface area contributed by atoms with Crippen molar-refractivity contribution in [3.05, 3.63) is 64.1 Å². The maximum absolute atomic E-state index is 14.5. The van der Waals surface area contributed by atoms with E-state index in [4.69, 9.17) is 14.2 Å². The van der Waals surface area contributed by atoms with Crippen molar-refractivity contribution < 1.29 is 27.8 Å². The summed E-state index contributed by atoms with van der Waals surface area (Å²) in [6.07, 6.45) is -0.888. The van der Waals surface area contributed by atoms with E-state index >= 15 is 0 Å². The third kappa shape index (κ3) is 6.25. The van der Waals surface area contributed by atoms with Crippen molar-refractivity contribution in [1.29, 1.82) is 0 Å². The van der Waals surface area contributed by atoms with Crippen LogP contribution in [0.2, 0.25) is 0 Å². The molecule has 0 spiro atoms. The highest BCUT2D eigenvalue weighted by Gasteiger charge is 2.42. The van der Waals surface area contributed by atoms with E-state index in [9.17, 15) is 13.6 Å². The Kier molecular flexibility index (Phi) is 7.45. The molecule has 2 aliphatic heterocycles. The lowest BCUT2D eigenvalue weighted by Crippen LogP contribution is -2.62. The monoisotopic (exact) mass is 538 g/mol. The summed E-state index contributed by atoms with van der Waals surface area (Å²) in [5.74, 6) is -0.333. The summed E-state index contributed by atoms with van der Waals surface area (Å²) in [5.41, 5.74) is -0.604. The van der Waals surface area contributed by atoms with E-state index in [2.05, 4.69) is 26.1 Å². The Balaban J connectivity index is 1.42. The van der Waals surface area contributed by atoms with Gasteiger partial charge in [-0.05, 0) is 69.7 Å². The molecule has 0 aromatic heterocycles. The SMILES string of the molecule is CC(C)(C)OC(=O)N[C@H]1C[C@@H](N2CC(Oc3ccc(Br)cc3)C2)CO[C@@H]1c1cc(F)ccc1F. The van der Waals surface area contributed by atoms with Crippen molar-refractivity contribution in [3.8, 4) is 5.75 Å². The predicted octanol–water partition coefficient (Wildman–Crippen LogP) is 5.21. The quantitative estimate of drug-likeness (QED) is 0.565. The fourth-order valence-corrected chi connectivity index (χ4v) is 4.52. The van der Waals surface area contributed by atoms with Crippen LogP contribution in [0.1, 0.15) is 38.9 Å². The number of ether oxygens (including phenoxy) is 3. The standard InChI is InChI=1S/C25H29BrF2N2O4/c1-25(2,3)34-24(31)29-22-11-17(14-32-23(22)20-10-16(27)6-9-21(20)28)30-12-19(13-30)33-18-7-4-15(26)5-8-18/h4-10,17,19,22-23H,11-14H2,1-3H3,(H,29,31)/t17-,22+,23-/m1/s1. The first kappa shape index (κ1) is 24.9. The summed E-state index contributed by atoms with van der Waals surface area (Å²) in [4.78, 5) is 14.7. The van der Waals surface area contributed by atoms with E-state index < -0.39 is 35.5 Å². The minimum atomic E-state index is -0.824. The van der Waals surface area contributed by atoms with E-state index in [0.717, 1.165) is 28.4 Å². The lowest BCUT2D eigenvalue weighted by Gasteiger charge is -2.48. The summed E-state index contributed by atoms with van der Waals surface area (Å²) in [6, 6.07) is 10.4. The number of amides is 1. The Bertz CT molecular complexity index is 1010. The van der Waals surface area contributed by atoms with Gasteiger partial charge >= 0.3 is 6.09 Å². The number of hydrogen-bond acceptors (Lipinski definition) is 5. The fourth-order valence-electron chi connectivity index (χ4n) is 4.25. The molecular formula is C25H29BrF2N2O4. The third-order valence-electron chi connectivity index (χ3n) is 5.84. The Morgan fingerprint density at radius 3 is 2.53 bits per heavy atom. The molecule has 2 aromatic rings. The Labute approximate surface area is 206 Å². The van der Waals surface area contributed by atoms with Crippen LogP contribution >= 0.6 is 15.9 Å². The molecule has 1 amide bonds. The highest BCUT2D eigenvalue weighted by molar-refractivity contribution is 9.10. The van der Waals surface area contributed by atoms with Crippen molar-refractivity contribution in [2.75, 3.05) is 19.7 Å². The molecule has 3 atom stereocenters. The number of halogens is 3. The van der Waals surface area contributed by atoms with Crippen LogP contribution in [-0.2, 0) is 9.47 Å². The fraction of sp³-hybridized carbons (Fsp3) is 0.480. The lowest BCUT2D eigenvalue weighted by molar-refractivity contribution is -0.0969. The molecule has 1 N–H and O–H groups in total. The number of alkyl carbamates (subject to hydrolysis) is 1. The molecule has 2 aromatic carbocycles. The summed E-state index contributed by atoms with van der Waals surface area (Å²) in [7, 11) is 0. The minimum Gasteiger partial charge on any atom is -0.488 e. The van der Waals surface area contributed by atoms with Crippen molar-refractivity contribution in [2.45, 2.75) is 57.1 Å². The van der Waals surface area contributed by atoms with Crippen molar-refractivity contribution >= 4 is 22.0 Å². The van der Waals surface area contributed by atoms with Gasteiger partial charge in [-0.15, -0.1) is 0 Å². The minimum absolute atomic E-state index is 0.00225. The molecule has 0 saturated carbocycles. The molecule has 2 heterocycles. The van der Waals surface area contributed by atoms with E-state index in [1.54, 1.807) is 20.8 Å². The zero-order valence-electron chi connectivity index (χ0n) is 19.4. The number of carbonyl (C=O) groups is 1. The molecule has 0 unspecified atom stereocenters. The highest BCUT2D eigenvalue weighted by Crippen LogP contribution is 2.34. The van der Waals surface area contributed by atoms with Gasteiger partial charge in [0.2, 0.25) is 0 Å². The van der Waals surface area contributed by atoms with E-state index in [-0.39, 0.29) is 17.7 Å². The van der Waals surface area contributed by atoms with Gasteiger partial charge in [0.15, 0.2) is 0 Å². The van der Waals surface area contributed by atoms with E-state index in [0.29, 0.717) is 26.1 Å². The molecule has 9 heteroatoms. The molecule has 34 heavy (non-hydrogen) atoms. The van der Waals surface area contributed by atoms with Crippen LogP contribution < -0.4 is 10.1 Å². The average Bonchev–Trinajstić information content (AvgIpc) is 2.72. The van der Waals surface area contributed by atoms with Crippen LogP contribution in [0, 0.1) is 11.6 Å². The first-order chi connectivity index (χ1) is 16.1. The van der Waals surface area contributed by atoms with Crippen molar-refractivity contribution in [3.63, 3.8) is 0 Å². The number of likely N-dealkylation sites (tertiary alicyclic amines) is 1. The number of benzene rings is 2. The first-order valence-corrected chi connectivity index (χ1v) is 12.1. The number of nitrogens with zero attached hydrogens (tertiary/aromatic N) is 1. The van der Waals surface area contributed by atoms with Gasteiger partial charge in [-0.3, -0.25) is 4.90 Å². The van der Waals surface area contributed by atoms with Gasteiger partial charge in [0.05, 0.1) is 12.6 Å². The van der Waals surface area contributed by atoms with Crippen molar-refractivity contribution in [2.24, 2.45) is 0 Å². The zero-order chi connectivity index (χ0) is 24.5. The zero-order valence-corrected chi connectivity index (χ0v) is 21.0. The maximum Gasteiger partial charge on any atom is 0.407 e. The first-order valence-electron chi connectivity index (χ1n) is 11.3. The smallest absolute Gasteiger partial charge is 0.407 e. The summed E-state index contributed by atoms with van der Waals surface area (Å²) >= 11 is 3.41. The molecule has 2 saturated heterocycles. The lowest BCUT2D eigenvalue weighted by atomic mass is 9.91. The average molecular weight is 539 g/mol. The summed E-state index contributed by atoms with van der Waals surface area (Å²) in [6.45, 7) is 7.05.